The number of nitrogens with one attached hydrogen (secondary N) is 1. The van der Waals surface area contributed by atoms with Gasteiger partial charge in [-0.25, -0.2) is 9.50 Å². The van der Waals surface area contributed by atoms with Crippen LogP contribution in [0.15, 0.2) is 30.6 Å². The summed E-state index contributed by atoms with van der Waals surface area (Å²) in [5, 5.41) is 16.2. The van der Waals surface area contributed by atoms with Gasteiger partial charge in [-0.2, -0.15) is 15.3 Å². The zero-order chi connectivity index (χ0) is 19.8. The van der Waals surface area contributed by atoms with E-state index in [4.69, 9.17) is 0 Å². The fraction of sp³-hybridized carbons (Fsp3) is 0.316. The molecule has 0 unspecified atom stereocenters. The lowest BCUT2D eigenvalue weighted by molar-refractivity contribution is 0.0944. The summed E-state index contributed by atoms with van der Waals surface area (Å²) in [5.41, 5.74) is 5.50. The standard InChI is InChI=1S/C19H22N8O/c1-5-26-11-15(13(3)23-26)17-6-7-20-18-9-16(24-27(17)18)19(28)21-10-14-8-12(2)22-25(14)4/h6-9,11H,5,10H2,1-4H3,(H,21,28). The van der Waals surface area contributed by atoms with Gasteiger partial charge in [0.1, 0.15) is 0 Å². The predicted octanol–water partition coefficient (Wildman–Crippen LogP) is 1.89. The molecule has 0 atom stereocenters. The molecule has 4 heterocycles. The molecule has 0 aliphatic heterocycles. The molecule has 0 aliphatic rings. The molecule has 4 rings (SSSR count). The second-order valence-corrected chi connectivity index (χ2v) is 6.70. The third-order valence-corrected chi connectivity index (χ3v) is 4.67. The van der Waals surface area contributed by atoms with E-state index in [2.05, 4.69) is 25.6 Å². The smallest absolute Gasteiger partial charge is 0.272 e. The lowest BCUT2D eigenvalue weighted by Gasteiger charge is -2.04. The Hall–Kier alpha value is -3.49. The SMILES string of the molecule is CCn1cc(-c2ccnc3cc(C(=O)NCc4cc(C)nn4C)nn23)c(C)n1. The van der Waals surface area contributed by atoms with E-state index in [0.29, 0.717) is 17.9 Å². The third kappa shape index (κ3) is 3.15. The van der Waals surface area contributed by atoms with Crippen molar-refractivity contribution in [2.24, 2.45) is 7.05 Å². The van der Waals surface area contributed by atoms with E-state index in [1.165, 1.54) is 0 Å². The van der Waals surface area contributed by atoms with Crippen LogP contribution in [0.25, 0.3) is 16.9 Å². The minimum Gasteiger partial charge on any atom is -0.345 e. The molecule has 0 aromatic carbocycles. The number of carbonyl (C=O) groups is 1. The van der Waals surface area contributed by atoms with E-state index >= 15 is 0 Å². The summed E-state index contributed by atoms with van der Waals surface area (Å²) in [7, 11) is 1.86. The van der Waals surface area contributed by atoms with Gasteiger partial charge in [0.05, 0.1) is 29.3 Å². The van der Waals surface area contributed by atoms with Crippen molar-refractivity contribution in [1.29, 1.82) is 0 Å². The number of aromatic nitrogens is 7. The Kier molecular flexibility index (Phi) is 4.42. The van der Waals surface area contributed by atoms with E-state index in [1.807, 2.05) is 50.8 Å². The molecule has 4 aromatic rings. The fourth-order valence-corrected chi connectivity index (χ4v) is 3.23. The molecular weight excluding hydrogens is 356 g/mol. The number of nitrogens with zero attached hydrogens (tertiary/aromatic N) is 7. The molecule has 0 aliphatic carbocycles. The largest absolute Gasteiger partial charge is 0.345 e. The first-order chi connectivity index (χ1) is 13.5. The Morgan fingerprint density at radius 2 is 2.00 bits per heavy atom. The number of aryl methyl sites for hydroxylation is 4. The van der Waals surface area contributed by atoms with Crippen molar-refractivity contribution >= 4 is 11.6 Å². The number of amides is 1. The highest BCUT2D eigenvalue weighted by atomic mass is 16.1. The number of rotatable bonds is 5. The third-order valence-electron chi connectivity index (χ3n) is 4.67. The molecule has 28 heavy (non-hydrogen) atoms. The van der Waals surface area contributed by atoms with Gasteiger partial charge in [0.25, 0.3) is 5.91 Å². The number of fused-ring (bicyclic) bond motifs is 1. The van der Waals surface area contributed by atoms with Crippen LogP contribution in [0, 0.1) is 13.8 Å². The zero-order valence-electron chi connectivity index (χ0n) is 16.3. The Labute approximate surface area is 162 Å². The lowest BCUT2D eigenvalue weighted by atomic mass is 10.2. The molecule has 9 heteroatoms. The summed E-state index contributed by atoms with van der Waals surface area (Å²) in [6.45, 7) is 7.09. The summed E-state index contributed by atoms with van der Waals surface area (Å²) in [4.78, 5) is 17.0. The highest BCUT2D eigenvalue weighted by Crippen LogP contribution is 2.23. The number of carbonyl (C=O) groups excluding carboxylic acids is 1. The van der Waals surface area contributed by atoms with Crippen LogP contribution in [0.2, 0.25) is 0 Å². The number of hydrogen-bond donors (Lipinski definition) is 1. The highest BCUT2D eigenvalue weighted by Gasteiger charge is 2.16. The number of hydrogen-bond acceptors (Lipinski definition) is 5. The van der Waals surface area contributed by atoms with Crippen molar-refractivity contribution in [2.45, 2.75) is 33.9 Å². The topological polar surface area (TPSA) is 94.9 Å². The Balaban J connectivity index is 1.63. The second-order valence-electron chi connectivity index (χ2n) is 6.70. The van der Waals surface area contributed by atoms with Crippen molar-refractivity contribution in [3.8, 4) is 11.3 Å². The molecule has 0 bridgehead atoms. The van der Waals surface area contributed by atoms with Crippen molar-refractivity contribution in [3.63, 3.8) is 0 Å². The molecule has 1 N–H and O–H groups in total. The summed E-state index contributed by atoms with van der Waals surface area (Å²) in [6, 6.07) is 5.51. The lowest BCUT2D eigenvalue weighted by Crippen LogP contribution is -2.24. The van der Waals surface area contributed by atoms with Crippen molar-refractivity contribution in [1.82, 2.24) is 39.5 Å². The van der Waals surface area contributed by atoms with Crippen molar-refractivity contribution in [2.75, 3.05) is 0 Å². The average molecular weight is 378 g/mol. The van der Waals surface area contributed by atoms with E-state index in [9.17, 15) is 4.79 Å². The maximum atomic E-state index is 12.6. The summed E-state index contributed by atoms with van der Waals surface area (Å²) >= 11 is 0. The zero-order valence-corrected chi connectivity index (χ0v) is 16.3. The summed E-state index contributed by atoms with van der Waals surface area (Å²) < 4.78 is 5.32. The molecule has 1 amide bonds. The van der Waals surface area contributed by atoms with Gasteiger partial charge < -0.3 is 5.32 Å². The van der Waals surface area contributed by atoms with Gasteiger partial charge in [-0.3, -0.25) is 14.2 Å². The Bertz CT molecular complexity index is 1170. The van der Waals surface area contributed by atoms with Gasteiger partial charge in [-0.15, -0.1) is 0 Å². The Morgan fingerprint density at radius 3 is 2.68 bits per heavy atom. The van der Waals surface area contributed by atoms with Gasteiger partial charge in [-0.1, -0.05) is 0 Å². The van der Waals surface area contributed by atoms with Gasteiger partial charge in [0.2, 0.25) is 0 Å². The molecule has 0 spiro atoms. The maximum absolute atomic E-state index is 12.6. The molecule has 144 valence electrons. The molecule has 0 saturated heterocycles. The molecule has 0 saturated carbocycles. The summed E-state index contributed by atoms with van der Waals surface area (Å²) in [6.07, 6.45) is 3.70. The molecule has 0 fully saturated rings. The van der Waals surface area contributed by atoms with Crippen LogP contribution in [0.5, 0.6) is 0 Å². The van der Waals surface area contributed by atoms with Crippen LogP contribution >= 0.6 is 0 Å². The highest BCUT2D eigenvalue weighted by molar-refractivity contribution is 5.93. The second kappa shape index (κ2) is 6.91. The summed E-state index contributed by atoms with van der Waals surface area (Å²) in [5.74, 6) is -0.253. The van der Waals surface area contributed by atoms with Crippen LogP contribution in [-0.2, 0) is 20.1 Å². The van der Waals surface area contributed by atoms with Crippen LogP contribution in [-0.4, -0.2) is 40.1 Å². The predicted molar refractivity (Wildman–Crippen MR) is 104 cm³/mol. The van der Waals surface area contributed by atoms with Crippen LogP contribution < -0.4 is 5.32 Å². The van der Waals surface area contributed by atoms with E-state index in [1.54, 1.807) is 21.5 Å². The maximum Gasteiger partial charge on any atom is 0.272 e. The van der Waals surface area contributed by atoms with E-state index in [0.717, 1.165) is 34.9 Å². The fourth-order valence-electron chi connectivity index (χ4n) is 3.23. The van der Waals surface area contributed by atoms with Crippen LogP contribution in [0.1, 0.15) is 34.5 Å². The van der Waals surface area contributed by atoms with E-state index < -0.39 is 0 Å². The minimum atomic E-state index is -0.253. The van der Waals surface area contributed by atoms with E-state index in [-0.39, 0.29) is 5.91 Å². The average Bonchev–Trinajstić information content (AvgIpc) is 3.35. The molecule has 0 radical (unpaired) electrons. The normalized spacial score (nSPS) is 11.3. The first kappa shape index (κ1) is 17.9. The van der Waals surface area contributed by atoms with Gasteiger partial charge >= 0.3 is 0 Å². The van der Waals surface area contributed by atoms with Crippen LogP contribution in [0.4, 0.5) is 0 Å². The quantitative estimate of drug-likeness (QED) is 0.572. The first-order valence-electron chi connectivity index (χ1n) is 9.13. The van der Waals surface area contributed by atoms with Crippen LogP contribution in [0.3, 0.4) is 0 Å². The first-order valence-corrected chi connectivity index (χ1v) is 9.13. The van der Waals surface area contributed by atoms with Crippen molar-refractivity contribution in [3.05, 3.63) is 53.4 Å². The molecule has 9 nitrogen and oxygen atoms in total. The molecule has 4 aromatic heterocycles. The Morgan fingerprint density at radius 1 is 1.18 bits per heavy atom. The van der Waals surface area contributed by atoms with Gasteiger partial charge in [-0.05, 0) is 32.9 Å². The monoisotopic (exact) mass is 378 g/mol. The molecular formula is C19H22N8O. The van der Waals surface area contributed by atoms with Gasteiger partial charge in [0, 0.05) is 37.6 Å². The minimum absolute atomic E-state index is 0.253. The van der Waals surface area contributed by atoms with Crippen molar-refractivity contribution < 1.29 is 4.79 Å². The van der Waals surface area contributed by atoms with Gasteiger partial charge in [0.15, 0.2) is 11.3 Å².